The van der Waals surface area contributed by atoms with Gasteiger partial charge in [-0.15, -0.1) is 11.3 Å². The molecule has 0 unspecified atom stereocenters. The number of thiophene rings is 1. The summed E-state index contributed by atoms with van der Waals surface area (Å²) >= 11 is 1.58. The summed E-state index contributed by atoms with van der Waals surface area (Å²) in [6.07, 6.45) is 0. The molecule has 1 aromatic heterocycles. The monoisotopic (exact) mass is 289 g/mol. The number of hydrogen-bond donors (Lipinski definition) is 1. The van der Waals surface area contributed by atoms with E-state index in [-0.39, 0.29) is 5.91 Å². The van der Waals surface area contributed by atoms with Crippen molar-refractivity contribution in [2.45, 2.75) is 13.8 Å². The van der Waals surface area contributed by atoms with Crippen LogP contribution in [0.4, 0.5) is 5.69 Å². The first-order valence-electron chi connectivity index (χ1n) is 6.08. The second-order valence-corrected chi connectivity index (χ2v) is 5.81. The Hall–Kier alpha value is -2.14. The van der Waals surface area contributed by atoms with Crippen LogP contribution in [0.5, 0.6) is 0 Å². The highest BCUT2D eigenvalue weighted by Gasteiger charge is 2.13. The Bertz CT molecular complexity index is 661. The van der Waals surface area contributed by atoms with Gasteiger partial charge in [-0.1, -0.05) is 6.07 Å². The van der Waals surface area contributed by atoms with E-state index in [1.165, 1.54) is 7.11 Å². The van der Waals surface area contributed by atoms with Gasteiger partial charge in [0.15, 0.2) is 0 Å². The van der Waals surface area contributed by atoms with Crippen LogP contribution in [0.2, 0.25) is 0 Å². The molecule has 2 aromatic rings. The van der Waals surface area contributed by atoms with Crippen LogP contribution in [0.1, 0.15) is 30.5 Å². The van der Waals surface area contributed by atoms with Crippen LogP contribution in [0, 0.1) is 13.8 Å². The maximum absolute atomic E-state index is 12.2. The number of hydrogen-bond acceptors (Lipinski definition) is 4. The van der Waals surface area contributed by atoms with E-state index in [4.69, 9.17) is 0 Å². The highest BCUT2D eigenvalue weighted by Crippen LogP contribution is 2.22. The van der Waals surface area contributed by atoms with Gasteiger partial charge in [-0.25, -0.2) is 4.79 Å². The van der Waals surface area contributed by atoms with Gasteiger partial charge >= 0.3 is 5.97 Å². The number of methoxy groups -OCH3 is 1. The molecule has 1 amide bonds. The van der Waals surface area contributed by atoms with Crippen LogP contribution in [0.15, 0.2) is 30.3 Å². The first-order chi connectivity index (χ1) is 9.51. The molecule has 5 heteroatoms. The fraction of sp³-hybridized carbons (Fsp3) is 0.200. The van der Waals surface area contributed by atoms with Crippen molar-refractivity contribution < 1.29 is 14.3 Å². The number of amides is 1. The van der Waals surface area contributed by atoms with Gasteiger partial charge in [-0.3, -0.25) is 4.79 Å². The van der Waals surface area contributed by atoms with Crippen LogP contribution in [-0.4, -0.2) is 19.0 Å². The number of anilines is 1. The van der Waals surface area contributed by atoms with Crippen molar-refractivity contribution in [3.05, 3.63) is 51.2 Å². The molecule has 0 radical (unpaired) electrons. The molecule has 0 saturated heterocycles. The molecule has 0 saturated carbocycles. The fourth-order valence-electron chi connectivity index (χ4n) is 1.90. The van der Waals surface area contributed by atoms with Crippen LogP contribution in [0.3, 0.4) is 0 Å². The van der Waals surface area contributed by atoms with Crippen molar-refractivity contribution in [3.63, 3.8) is 0 Å². The lowest BCUT2D eigenvalue weighted by atomic mass is 10.2. The van der Waals surface area contributed by atoms with Gasteiger partial charge in [0.1, 0.15) is 0 Å². The van der Waals surface area contributed by atoms with Gasteiger partial charge in [-0.05, 0) is 38.1 Å². The molecule has 1 heterocycles. The molecule has 2 rings (SSSR count). The van der Waals surface area contributed by atoms with E-state index < -0.39 is 5.97 Å². The minimum Gasteiger partial charge on any atom is -0.465 e. The first-order valence-corrected chi connectivity index (χ1v) is 6.89. The van der Waals surface area contributed by atoms with E-state index in [2.05, 4.69) is 10.1 Å². The molecular formula is C15H15NO3S. The third kappa shape index (κ3) is 3.05. The predicted octanol–water partition coefficient (Wildman–Crippen LogP) is 3.40. The number of esters is 1. The Morgan fingerprint density at radius 3 is 2.55 bits per heavy atom. The van der Waals surface area contributed by atoms with Crippen molar-refractivity contribution >= 4 is 28.9 Å². The van der Waals surface area contributed by atoms with E-state index in [0.717, 1.165) is 9.75 Å². The molecule has 1 aromatic carbocycles. The van der Waals surface area contributed by atoms with Crippen molar-refractivity contribution in [3.8, 4) is 0 Å². The van der Waals surface area contributed by atoms with E-state index >= 15 is 0 Å². The van der Waals surface area contributed by atoms with Crippen LogP contribution >= 0.6 is 11.3 Å². The molecule has 0 atom stereocenters. The third-order valence-electron chi connectivity index (χ3n) is 2.83. The molecule has 0 fully saturated rings. The number of rotatable bonds is 3. The average molecular weight is 289 g/mol. The number of aryl methyl sites for hydroxylation is 2. The summed E-state index contributed by atoms with van der Waals surface area (Å²) in [5.41, 5.74) is 1.64. The summed E-state index contributed by atoms with van der Waals surface area (Å²) in [6.45, 7) is 3.88. The largest absolute Gasteiger partial charge is 0.465 e. The molecule has 0 spiro atoms. The van der Waals surface area contributed by atoms with Crippen LogP contribution in [0.25, 0.3) is 0 Å². The highest BCUT2D eigenvalue weighted by molar-refractivity contribution is 7.12. The minimum atomic E-state index is -0.427. The van der Waals surface area contributed by atoms with E-state index in [0.29, 0.717) is 16.8 Å². The Labute approximate surface area is 121 Å². The van der Waals surface area contributed by atoms with E-state index in [1.807, 2.05) is 19.9 Å². The zero-order valence-electron chi connectivity index (χ0n) is 11.5. The average Bonchev–Trinajstić information content (AvgIpc) is 2.77. The second-order valence-electron chi connectivity index (χ2n) is 4.35. The van der Waals surface area contributed by atoms with Crippen molar-refractivity contribution in [1.82, 2.24) is 0 Å². The number of benzene rings is 1. The van der Waals surface area contributed by atoms with Crippen LogP contribution in [-0.2, 0) is 4.74 Å². The molecular weight excluding hydrogens is 274 g/mol. The molecule has 104 valence electrons. The Balaban J connectivity index is 2.20. The van der Waals surface area contributed by atoms with Gasteiger partial charge in [0.25, 0.3) is 5.91 Å². The van der Waals surface area contributed by atoms with Gasteiger partial charge in [0, 0.05) is 15.4 Å². The summed E-state index contributed by atoms with van der Waals surface area (Å²) in [7, 11) is 1.32. The molecule has 0 bridgehead atoms. The third-order valence-corrected chi connectivity index (χ3v) is 3.79. The lowest BCUT2D eigenvalue weighted by molar-refractivity contribution is 0.0600. The lowest BCUT2D eigenvalue weighted by Gasteiger charge is -2.06. The van der Waals surface area contributed by atoms with Crippen LogP contribution < -0.4 is 5.32 Å². The summed E-state index contributed by atoms with van der Waals surface area (Å²) < 4.78 is 4.65. The summed E-state index contributed by atoms with van der Waals surface area (Å²) in [6, 6.07) is 8.53. The normalized spacial score (nSPS) is 10.2. The molecule has 1 N–H and O–H groups in total. The predicted molar refractivity (Wildman–Crippen MR) is 79.5 cm³/mol. The first kappa shape index (κ1) is 14.3. The summed E-state index contributed by atoms with van der Waals surface area (Å²) in [5, 5.41) is 2.79. The minimum absolute atomic E-state index is 0.172. The van der Waals surface area contributed by atoms with Crippen molar-refractivity contribution in [1.29, 1.82) is 0 Å². The lowest BCUT2D eigenvalue weighted by Crippen LogP contribution is -2.12. The molecule has 20 heavy (non-hydrogen) atoms. The number of nitrogens with one attached hydrogen (secondary N) is 1. The Morgan fingerprint density at radius 1 is 1.20 bits per heavy atom. The molecule has 4 nitrogen and oxygen atoms in total. The van der Waals surface area contributed by atoms with Crippen molar-refractivity contribution in [2.24, 2.45) is 0 Å². The van der Waals surface area contributed by atoms with Gasteiger partial charge in [0.05, 0.1) is 18.2 Å². The standard InChI is InChI=1S/C15H15NO3S/c1-9-7-13(10(2)20-9)14(17)16-12-6-4-5-11(8-12)15(18)19-3/h4-8H,1-3H3,(H,16,17). The van der Waals surface area contributed by atoms with E-state index in [1.54, 1.807) is 35.6 Å². The zero-order valence-corrected chi connectivity index (χ0v) is 12.3. The molecule has 0 aliphatic rings. The Kier molecular flexibility index (Phi) is 4.20. The molecule has 0 aliphatic heterocycles. The summed E-state index contributed by atoms with van der Waals surface area (Å²) in [4.78, 5) is 25.7. The van der Waals surface area contributed by atoms with Crippen molar-refractivity contribution in [2.75, 3.05) is 12.4 Å². The maximum atomic E-state index is 12.2. The number of carbonyl (C=O) groups excluding carboxylic acids is 2. The van der Waals surface area contributed by atoms with Gasteiger partial charge in [0.2, 0.25) is 0 Å². The quantitative estimate of drug-likeness (QED) is 0.881. The number of ether oxygens (including phenoxy) is 1. The Morgan fingerprint density at radius 2 is 1.95 bits per heavy atom. The van der Waals surface area contributed by atoms with Gasteiger partial charge < -0.3 is 10.1 Å². The van der Waals surface area contributed by atoms with Gasteiger partial charge in [-0.2, -0.15) is 0 Å². The fourth-order valence-corrected chi connectivity index (χ4v) is 2.82. The second kappa shape index (κ2) is 5.88. The summed E-state index contributed by atoms with van der Waals surface area (Å²) in [5.74, 6) is -0.600. The molecule has 0 aliphatic carbocycles. The van der Waals surface area contributed by atoms with E-state index in [9.17, 15) is 9.59 Å². The topological polar surface area (TPSA) is 55.4 Å². The zero-order chi connectivity index (χ0) is 14.7. The smallest absolute Gasteiger partial charge is 0.337 e. The SMILES string of the molecule is COC(=O)c1cccc(NC(=O)c2cc(C)sc2C)c1. The highest BCUT2D eigenvalue weighted by atomic mass is 32.1. The maximum Gasteiger partial charge on any atom is 0.337 e. The number of carbonyl (C=O) groups is 2.